The summed E-state index contributed by atoms with van der Waals surface area (Å²) in [6.07, 6.45) is 5.29. The molecule has 0 bridgehead atoms. The molecule has 0 aromatic carbocycles. The van der Waals surface area contributed by atoms with E-state index in [0.717, 1.165) is 25.7 Å². The third-order valence-electron chi connectivity index (χ3n) is 3.66. The van der Waals surface area contributed by atoms with Crippen molar-refractivity contribution >= 4 is 27.9 Å². The molecule has 8 heteroatoms. The van der Waals surface area contributed by atoms with Crippen LogP contribution in [-0.4, -0.2) is 31.6 Å². The van der Waals surface area contributed by atoms with Crippen molar-refractivity contribution in [1.29, 1.82) is 0 Å². The van der Waals surface area contributed by atoms with Crippen molar-refractivity contribution in [2.24, 2.45) is 0 Å². The molecule has 0 aliphatic heterocycles. The number of nitro groups is 1. The Morgan fingerprint density at radius 1 is 1.58 bits per heavy atom. The lowest BCUT2D eigenvalue weighted by Gasteiger charge is -2.27. The highest BCUT2D eigenvalue weighted by Gasteiger charge is 2.36. The second-order valence-corrected chi connectivity index (χ2v) is 5.74. The number of hydrogen-bond donors (Lipinski definition) is 2. The molecule has 102 valence electrons. The van der Waals surface area contributed by atoms with Gasteiger partial charge in [0.1, 0.15) is 6.20 Å². The minimum atomic E-state index is -0.464. The largest absolute Gasteiger partial charge is 0.394 e. The van der Waals surface area contributed by atoms with Crippen LogP contribution in [-0.2, 0) is 0 Å². The number of aromatic nitrogens is 2. The number of nitrogens with one attached hydrogen (secondary N) is 1. The molecule has 0 amide bonds. The Morgan fingerprint density at radius 3 is 2.95 bits per heavy atom. The number of aliphatic hydroxyl groups excluding tert-OH is 1. The summed E-state index contributed by atoms with van der Waals surface area (Å²) in [6, 6.07) is 0. The number of anilines is 1. The van der Waals surface area contributed by atoms with Gasteiger partial charge in [-0.05, 0) is 17.8 Å². The molecule has 2 N–H and O–H groups in total. The van der Waals surface area contributed by atoms with Crippen LogP contribution in [0.1, 0.15) is 25.7 Å². The SMILES string of the molecule is O=[N+]([O-])c1c(NC2(CO)CCCC2)nc2sccn12. The van der Waals surface area contributed by atoms with E-state index >= 15 is 0 Å². The van der Waals surface area contributed by atoms with Gasteiger partial charge in [-0.1, -0.05) is 24.2 Å². The first kappa shape index (κ1) is 12.4. The molecule has 2 aromatic rings. The van der Waals surface area contributed by atoms with E-state index in [4.69, 9.17) is 0 Å². The number of hydrogen-bond acceptors (Lipinski definition) is 6. The summed E-state index contributed by atoms with van der Waals surface area (Å²) in [7, 11) is 0. The first-order chi connectivity index (χ1) is 9.15. The number of thiazole rings is 1. The summed E-state index contributed by atoms with van der Waals surface area (Å²) in [4.78, 5) is 15.6. The molecule has 0 spiro atoms. The average molecular weight is 282 g/mol. The predicted octanol–water partition coefficient (Wildman–Crippen LogP) is 2.02. The minimum absolute atomic E-state index is 0.0324. The number of rotatable bonds is 4. The lowest BCUT2D eigenvalue weighted by Crippen LogP contribution is -2.39. The van der Waals surface area contributed by atoms with Gasteiger partial charge in [0, 0.05) is 5.38 Å². The van der Waals surface area contributed by atoms with Crippen molar-refractivity contribution in [2.75, 3.05) is 11.9 Å². The van der Waals surface area contributed by atoms with Crippen LogP contribution in [0.3, 0.4) is 0 Å². The number of aliphatic hydroxyl groups is 1. The maximum atomic E-state index is 11.2. The molecule has 19 heavy (non-hydrogen) atoms. The highest BCUT2D eigenvalue weighted by Crippen LogP contribution is 2.36. The van der Waals surface area contributed by atoms with Crippen LogP contribution in [0.15, 0.2) is 11.6 Å². The molecule has 2 heterocycles. The van der Waals surface area contributed by atoms with Gasteiger partial charge in [0.05, 0.1) is 12.1 Å². The average Bonchev–Trinajstić information content (AvgIpc) is 3.04. The van der Waals surface area contributed by atoms with Crippen LogP contribution in [0.2, 0.25) is 0 Å². The van der Waals surface area contributed by atoms with Crippen LogP contribution < -0.4 is 5.32 Å². The van der Waals surface area contributed by atoms with Gasteiger partial charge in [-0.2, -0.15) is 9.38 Å². The van der Waals surface area contributed by atoms with E-state index in [9.17, 15) is 15.2 Å². The van der Waals surface area contributed by atoms with Gasteiger partial charge >= 0.3 is 5.82 Å². The van der Waals surface area contributed by atoms with Gasteiger partial charge < -0.3 is 20.5 Å². The molecular formula is C11H14N4O3S. The van der Waals surface area contributed by atoms with Gasteiger partial charge in [-0.15, -0.1) is 0 Å². The van der Waals surface area contributed by atoms with Crippen molar-refractivity contribution in [2.45, 2.75) is 31.2 Å². The molecule has 2 aromatic heterocycles. The maximum Gasteiger partial charge on any atom is 0.372 e. The highest BCUT2D eigenvalue weighted by atomic mass is 32.1. The molecule has 1 fully saturated rings. The van der Waals surface area contributed by atoms with Crippen LogP contribution in [0, 0.1) is 10.1 Å². The zero-order valence-corrected chi connectivity index (χ0v) is 11.0. The van der Waals surface area contributed by atoms with Crippen molar-refractivity contribution in [3.63, 3.8) is 0 Å². The fraction of sp³-hybridized carbons (Fsp3) is 0.545. The molecule has 0 atom stereocenters. The van der Waals surface area contributed by atoms with Gasteiger partial charge in [-0.3, -0.25) is 0 Å². The second kappa shape index (κ2) is 4.46. The molecule has 0 unspecified atom stereocenters. The Labute approximate surface area is 113 Å². The summed E-state index contributed by atoms with van der Waals surface area (Å²) < 4.78 is 1.47. The van der Waals surface area contributed by atoms with Crippen molar-refractivity contribution in [3.8, 4) is 0 Å². The van der Waals surface area contributed by atoms with Crippen LogP contribution >= 0.6 is 11.3 Å². The Hall–Kier alpha value is -1.67. The smallest absolute Gasteiger partial charge is 0.372 e. The Morgan fingerprint density at radius 2 is 2.32 bits per heavy atom. The first-order valence-electron chi connectivity index (χ1n) is 6.14. The number of imidazole rings is 1. The van der Waals surface area contributed by atoms with Crippen molar-refractivity contribution in [3.05, 3.63) is 21.7 Å². The standard InChI is InChI=1S/C11H14N4O3S/c16-7-11(3-1-2-4-11)13-8-9(15(17)18)14-5-6-19-10(14)12-8/h5-6,13,16H,1-4,7H2. The molecule has 1 saturated carbocycles. The normalized spacial score (nSPS) is 17.9. The Bertz CT molecular complexity index is 615. The molecule has 1 aliphatic rings. The molecular weight excluding hydrogens is 268 g/mol. The van der Waals surface area contributed by atoms with E-state index < -0.39 is 10.5 Å². The quantitative estimate of drug-likeness (QED) is 0.661. The Kier molecular flexibility index (Phi) is 2.90. The van der Waals surface area contributed by atoms with Gasteiger partial charge in [-0.25, -0.2) is 0 Å². The van der Waals surface area contributed by atoms with E-state index in [-0.39, 0.29) is 18.2 Å². The predicted molar refractivity (Wildman–Crippen MR) is 71.6 cm³/mol. The summed E-state index contributed by atoms with van der Waals surface area (Å²) >= 11 is 1.35. The third-order valence-corrected chi connectivity index (χ3v) is 4.41. The van der Waals surface area contributed by atoms with E-state index in [0.29, 0.717) is 4.96 Å². The fourth-order valence-corrected chi connectivity index (χ4v) is 3.37. The summed E-state index contributed by atoms with van der Waals surface area (Å²) in [5.74, 6) is 0.198. The molecule has 3 rings (SSSR count). The monoisotopic (exact) mass is 282 g/mol. The van der Waals surface area contributed by atoms with Gasteiger partial charge in [0.15, 0.2) is 0 Å². The van der Waals surface area contributed by atoms with Gasteiger partial charge in [0.2, 0.25) is 5.82 Å². The van der Waals surface area contributed by atoms with E-state index in [1.54, 1.807) is 11.6 Å². The second-order valence-electron chi connectivity index (χ2n) is 4.87. The molecule has 0 saturated heterocycles. The molecule has 1 aliphatic carbocycles. The van der Waals surface area contributed by atoms with E-state index in [2.05, 4.69) is 10.3 Å². The van der Waals surface area contributed by atoms with E-state index in [1.165, 1.54) is 15.7 Å². The van der Waals surface area contributed by atoms with Crippen molar-refractivity contribution < 1.29 is 10.0 Å². The third kappa shape index (κ3) is 1.96. The minimum Gasteiger partial charge on any atom is -0.394 e. The topological polar surface area (TPSA) is 92.7 Å². The van der Waals surface area contributed by atoms with Crippen LogP contribution in [0.5, 0.6) is 0 Å². The lowest BCUT2D eigenvalue weighted by atomic mass is 9.99. The zero-order chi connectivity index (χ0) is 13.5. The number of fused-ring (bicyclic) bond motifs is 1. The fourth-order valence-electron chi connectivity index (χ4n) is 2.66. The zero-order valence-electron chi connectivity index (χ0n) is 10.2. The molecule has 0 radical (unpaired) electrons. The summed E-state index contributed by atoms with van der Waals surface area (Å²) in [5.41, 5.74) is -0.464. The number of nitrogens with zero attached hydrogens (tertiary/aromatic N) is 3. The van der Waals surface area contributed by atoms with E-state index in [1.807, 2.05) is 0 Å². The first-order valence-corrected chi connectivity index (χ1v) is 7.02. The van der Waals surface area contributed by atoms with Crippen molar-refractivity contribution in [1.82, 2.24) is 9.38 Å². The maximum absolute atomic E-state index is 11.2. The summed E-state index contributed by atoms with van der Waals surface area (Å²) in [5, 5.41) is 25.6. The van der Waals surface area contributed by atoms with Crippen LogP contribution in [0.25, 0.3) is 4.96 Å². The summed E-state index contributed by atoms with van der Waals surface area (Å²) in [6.45, 7) is -0.0324. The molecule has 7 nitrogen and oxygen atoms in total. The van der Waals surface area contributed by atoms with Crippen LogP contribution in [0.4, 0.5) is 11.6 Å². The van der Waals surface area contributed by atoms with Gasteiger partial charge in [0.25, 0.3) is 4.96 Å². The lowest BCUT2D eigenvalue weighted by molar-refractivity contribution is -0.389. The highest BCUT2D eigenvalue weighted by molar-refractivity contribution is 7.15. The Balaban J connectivity index is 2.02.